The van der Waals surface area contributed by atoms with E-state index >= 15 is 0 Å². The van der Waals surface area contributed by atoms with Crippen molar-refractivity contribution in [1.82, 2.24) is 9.80 Å². The number of hydrogen-bond donors (Lipinski definition) is 1. The van der Waals surface area contributed by atoms with Crippen LogP contribution in [0.25, 0.3) is 0 Å². The lowest BCUT2D eigenvalue weighted by Crippen LogP contribution is -2.49. The van der Waals surface area contributed by atoms with E-state index in [-0.39, 0.29) is 5.82 Å². The molecule has 7 heteroatoms. The summed E-state index contributed by atoms with van der Waals surface area (Å²) in [7, 11) is 3.25. The molecule has 0 amide bonds. The van der Waals surface area contributed by atoms with Crippen LogP contribution in [-0.2, 0) is 6.54 Å². The lowest BCUT2D eigenvalue weighted by Gasteiger charge is -2.36. The summed E-state index contributed by atoms with van der Waals surface area (Å²) >= 11 is 5.58. The van der Waals surface area contributed by atoms with E-state index in [1.165, 1.54) is 6.07 Å². The molecular formula is C20H24FN3O2S. The van der Waals surface area contributed by atoms with E-state index in [0.717, 1.165) is 49.7 Å². The molecule has 2 aromatic carbocycles. The van der Waals surface area contributed by atoms with Crippen LogP contribution in [0.4, 0.5) is 10.1 Å². The summed E-state index contributed by atoms with van der Waals surface area (Å²) in [6.45, 7) is 4.11. The van der Waals surface area contributed by atoms with Gasteiger partial charge in [-0.25, -0.2) is 4.39 Å². The molecule has 1 aliphatic rings. The number of nitrogens with one attached hydrogen (secondary N) is 1. The van der Waals surface area contributed by atoms with Crippen LogP contribution in [0.2, 0.25) is 0 Å². The summed E-state index contributed by atoms with van der Waals surface area (Å²) < 4.78 is 24.0. The van der Waals surface area contributed by atoms with E-state index in [1.807, 2.05) is 24.3 Å². The molecule has 1 fully saturated rings. The van der Waals surface area contributed by atoms with Crippen LogP contribution in [0.1, 0.15) is 5.56 Å². The smallest absolute Gasteiger partial charge is 0.173 e. The topological polar surface area (TPSA) is 37.0 Å². The fourth-order valence-electron chi connectivity index (χ4n) is 3.11. The zero-order valence-electron chi connectivity index (χ0n) is 15.6. The van der Waals surface area contributed by atoms with E-state index in [9.17, 15) is 4.39 Å². The van der Waals surface area contributed by atoms with Crippen LogP contribution in [0.3, 0.4) is 0 Å². The Bertz CT molecular complexity index is 795. The van der Waals surface area contributed by atoms with Crippen molar-refractivity contribution in [3.63, 3.8) is 0 Å². The van der Waals surface area contributed by atoms with E-state index in [4.69, 9.17) is 21.7 Å². The van der Waals surface area contributed by atoms with Gasteiger partial charge in [0.25, 0.3) is 0 Å². The highest BCUT2D eigenvalue weighted by Crippen LogP contribution is 2.29. The number of benzene rings is 2. The molecule has 0 radical (unpaired) electrons. The Morgan fingerprint density at radius 3 is 2.52 bits per heavy atom. The van der Waals surface area contributed by atoms with Gasteiger partial charge in [-0.05, 0) is 42.0 Å². The normalized spacial score (nSPS) is 14.7. The van der Waals surface area contributed by atoms with Gasteiger partial charge >= 0.3 is 0 Å². The van der Waals surface area contributed by atoms with Crippen LogP contribution < -0.4 is 14.8 Å². The van der Waals surface area contributed by atoms with Gasteiger partial charge in [0.15, 0.2) is 5.11 Å². The molecule has 27 heavy (non-hydrogen) atoms. The highest BCUT2D eigenvalue weighted by Gasteiger charge is 2.20. The number of halogens is 1. The zero-order valence-corrected chi connectivity index (χ0v) is 16.4. The van der Waals surface area contributed by atoms with Crippen LogP contribution >= 0.6 is 12.2 Å². The van der Waals surface area contributed by atoms with E-state index < -0.39 is 0 Å². The maximum atomic E-state index is 13.3. The first kappa shape index (κ1) is 19.4. The highest BCUT2D eigenvalue weighted by atomic mass is 32.1. The number of rotatable bonds is 5. The molecule has 1 saturated heterocycles. The molecule has 2 aromatic rings. The number of ether oxygens (including phenoxy) is 2. The Morgan fingerprint density at radius 2 is 1.85 bits per heavy atom. The number of nitrogens with zero attached hydrogens (tertiary/aromatic N) is 2. The van der Waals surface area contributed by atoms with Crippen molar-refractivity contribution in [2.24, 2.45) is 0 Å². The zero-order chi connectivity index (χ0) is 19.2. The maximum absolute atomic E-state index is 13.3. The number of methoxy groups -OCH3 is 2. The summed E-state index contributed by atoms with van der Waals surface area (Å²) in [5, 5.41) is 3.92. The lowest BCUT2D eigenvalue weighted by molar-refractivity contribution is 0.177. The summed E-state index contributed by atoms with van der Waals surface area (Å²) in [6, 6.07) is 12.3. The lowest BCUT2D eigenvalue weighted by atomic mass is 10.2. The SMILES string of the molecule is COc1ccc(OC)c(NC(=S)N2CCN(Cc3cccc(F)c3)CC2)c1. The van der Waals surface area contributed by atoms with Gasteiger partial charge < -0.3 is 19.7 Å². The summed E-state index contributed by atoms with van der Waals surface area (Å²) in [5.74, 6) is 1.26. The van der Waals surface area contributed by atoms with E-state index in [0.29, 0.717) is 10.9 Å². The fraction of sp³-hybridized carbons (Fsp3) is 0.350. The number of anilines is 1. The monoisotopic (exact) mass is 389 g/mol. The molecule has 1 heterocycles. The Balaban J connectivity index is 1.56. The van der Waals surface area contributed by atoms with Crippen molar-refractivity contribution in [3.05, 3.63) is 53.8 Å². The van der Waals surface area contributed by atoms with Crippen molar-refractivity contribution in [2.45, 2.75) is 6.54 Å². The predicted octanol–water partition coefficient (Wildman–Crippen LogP) is 3.36. The predicted molar refractivity (Wildman–Crippen MR) is 109 cm³/mol. The molecule has 0 atom stereocenters. The molecule has 1 aliphatic heterocycles. The molecular weight excluding hydrogens is 365 g/mol. The molecule has 0 unspecified atom stereocenters. The minimum atomic E-state index is -0.191. The van der Waals surface area contributed by atoms with Crippen molar-refractivity contribution in [2.75, 3.05) is 45.7 Å². The molecule has 144 valence electrons. The van der Waals surface area contributed by atoms with Crippen molar-refractivity contribution in [1.29, 1.82) is 0 Å². The molecule has 3 rings (SSSR count). The minimum absolute atomic E-state index is 0.191. The maximum Gasteiger partial charge on any atom is 0.173 e. The van der Waals surface area contributed by atoms with Gasteiger partial charge in [-0.2, -0.15) is 0 Å². The van der Waals surface area contributed by atoms with Crippen molar-refractivity contribution in [3.8, 4) is 11.5 Å². The van der Waals surface area contributed by atoms with Crippen LogP contribution in [0.5, 0.6) is 11.5 Å². The molecule has 0 bridgehead atoms. The Morgan fingerprint density at radius 1 is 1.07 bits per heavy atom. The van der Waals surface area contributed by atoms with Crippen molar-refractivity contribution >= 4 is 23.0 Å². The molecule has 0 saturated carbocycles. The van der Waals surface area contributed by atoms with Crippen molar-refractivity contribution < 1.29 is 13.9 Å². The second-order valence-corrected chi connectivity index (χ2v) is 6.78. The standard InChI is InChI=1S/C20H24FN3O2S/c1-25-17-6-7-19(26-2)18(13-17)22-20(27)24-10-8-23(9-11-24)14-15-4-3-5-16(21)12-15/h3-7,12-13H,8-11,14H2,1-2H3,(H,22,27). The second-order valence-electron chi connectivity index (χ2n) is 6.39. The Labute approximate surface area is 164 Å². The highest BCUT2D eigenvalue weighted by molar-refractivity contribution is 7.80. The third-order valence-electron chi connectivity index (χ3n) is 4.60. The van der Waals surface area contributed by atoms with Crippen LogP contribution in [0.15, 0.2) is 42.5 Å². The first-order valence-corrected chi connectivity index (χ1v) is 9.24. The van der Waals surface area contributed by atoms with Crippen LogP contribution in [0, 0.1) is 5.82 Å². The second kappa shape index (κ2) is 9.01. The average Bonchev–Trinajstić information content (AvgIpc) is 2.68. The van der Waals surface area contributed by atoms with E-state index in [1.54, 1.807) is 26.4 Å². The van der Waals surface area contributed by atoms with Gasteiger partial charge in [-0.15, -0.1) is 0 Å². The molecule has 5 nitrogen and oxygen atoms in total. The third kappa shape index (κ3) is 5.08. The third-order valence-corrected chi connectivity index (χ3v) is 4.96. The van der Waals surface area contributed by atoms with Gasteiger partial charge in [-0.3, -0.25) is 4.90 Å². The summed E-state index contributed by atoms with van der Waals surface area (Å²) in [5.41, 5.74) is 1.77. The molecule has 0 aliphatic carbocycles. The van der Waals surface area contributed by atoms with Gasteiger partial charge in [0.1, 0.15) is 17.3 Å². The van der Waals surface area contributed by atoms with Crippen LogP contribution in [-0.4, -0.2) is 55.3 Å². The Kier molecular flexibility index (Phi) is 6.47. The van der Waals surface area contributed by atoms with Gasteiger partial charge in [0, 0.05) is 38.8 Å². The molecule has 0 aromatic heterocycles. The average molecular weight is 389 g/mol. The largest absolute Gasteiger partial charge is 0.497 e. The molecule has 1 N–H and O–H groups in total. The fourth-order valence-corrected chi connectivity index (χ4v) is 3.40. The Hall–Kier alpha value is -2.38. The quantitative estimate of drug-likeness (QED) is 0.791. The first-order chi connectivity index (χ1) is 13.1. The number of hydrogen-bond acceptors (Lipinski definition) is 4. The minimum Gasteiger partial charge on any atom is -0.497 e. The van der Waals surface area contributed by atoms with E-state index in [2.05, 4.69) is 15.1 Å². The summed E-state index contributed by atoms with van der Waals surface area (Å²) in [4.78, 5) is 4.44. The van der Waals surface area contributed by atoms with Gasteiger partial charge in [0.2, 0.25) is 0 Å². The first-order valence-electron chi connectivity index (χ1n) is 8.84. The summed E-state index contributed by atoms with van der Waals surface area (Å²) in [6.07, 6.45) is 0. The number of piperazine rings is 1. The van der Waals surface area contributed by atoms with Gasteiger partial charge in [-0.1, -0.05) is 12.1 Å². The molecule has 0 spiro atoms. The number of thiocarbonyl (C=S) groups is 1. The van der Waals surface area contributed by atoms with Gasteiger partial charge in [0.05, 0.1) is 19.9 Å².